The van der Waals surface area contributed by atoms with E-state index in [0.29, 0.717) is 6.04 Å². The molecule has 0 radical (unpaired) electrons. The summed E-state index contributed by atoms with van der Waals surface area (Å²) in [5, 5.41) is 6.75. The Labute approximate surface area is 166 Å². The molecule has 3 rings (SSSR count). The van der Waals surface area contributed by atoms with E-state index in [-0.39, 0.29) is 11.0 Å². The Morgan fingerprint density at radius 1 is 1.23 bits per heavy atom. The van der Waals surface area contributed by atoms with Crippen LogP contribution >= 0.6 is 22.9 Å². The number of nitrogens with one attached hydrogen (secondary N) is 1. The molecular weight excluding hydrogens is 362 g/mol. The van der Waals surface area contributed by atoms with Crippen molar-refractivity contribution >= 4 is 22.9 Å². The zero-order chi connectivity index (χ0) is 18.6. The van der Waals surface area contributed by atoms with Crippen LogP contribution in [0.3, 0.4) is 0 Å². The van der Waals surface area contributed by atoms with E-state index in [0.717, 1.165) is 43.9 Å². The predicted molar refractivity (Wildman–Crippen MR) is 112 cm³/mol. The summed E-state index contributed by atoms with van der Waals surface area (Å²) in [6.07, 6.45) is 4.33. The molecule has 0 amide bonds. The molecule has 4 heteroatoms. The van der Waals surface area contributed by atoms with Gasteiger partial charge in [0.05, 0.1) is 5.60 Å². The van der Waals surface area contributed by atoms with Crippen LogP contribution in [-0.4, -0.2) is 18.8 Å². The van der Waals surface area contributed by atoms with Gasteiger partial charge in [-0.25, -0.2) is 0 Å². The van der Waals surface area contributed by atoms with Crippen molar-refractivity contribution in [2.75, 3.05) is 13.2 Å². The molecule has 0 bridgehead atoms. The highest BCUT2D eigenvalue weighted by Gasteiger charge is 2.40. The second kappa shape index (κ2) is 8.43. The van der Waals surface area contributed by atoms with Crippen LogP contribution in [0, 0.1) is 5.41 Å². The highest BCUT2D eigenvalue weighted by atomic mass is 35.5. The van der Waals surface area contributed by atoms with Gasteiger partial charge in [0, 0.05) is 22.5 Å². The molecule has 1 aliphatic heterocycles. The number of halogens is 1. The van der Waals surface area contributed by atoms with Crippen LogP contribution in [0.25, 0.3) is 0 Å². The fourth-order valence-corrected chi connectivity index (χ4v) is 5.24. The lowest BCUT2D eigenvalue weighted by Gasteiger charge is -2.45. The van der Waals surface area contributed by atoms with Gasteiger partial charge in [-0.1, -0.05) is 35.9 Å². The molecule has 1 aliphatic rings. The van der Waals surface area contributed by atoms with Crippen LogP contribution in [0.4, 0.5) is 0 Å². The number of benzene rings is 1. The lowest BCUT2D eigenvalue weighted by molar-refractivity contribution is -0.107. The summed E-state index contributed by atoms with van der Waals surface area (Å²) in [6.45, 7) is 8.53. The fourth-order valence-electron chi connectivity index (χ4n) is 4.28. The third-order valence-corrected chi connectivity index (χ3v) is 6.95. The molecule has 0 saturated carbocycles. The molecule has 2 nitrogen and oxygen atoms in total. The maximum atomic E-state index is 6.48. The molecule has 0 spiro atoms. The molecule has 2 aromatic rings. The van der Waals surface area contributed by atoms with Crippen LogP contribution in [0.2, 0.25) is 5.02 Å². The zero-order valence-corrected chi connectivity index (χ0v) is 17.6. The van der Waals surface area contributed by atoms with Crippen molar-refractivity contribution in [1.82, 2.24) is 5.32 Å². The molecule has 0 unspecified atom stereocenters. The van der Waals surface area contributed by atoms with E-state index in [1.165, 1.54) is 10.4 Å². The second-order valence-electron chi connectivity index (χ2n) is 8.24. The molecule has 1 aromatic heterocycles. The lowest BCUT2D eigenvalue weighted by atomic mass is 9.68. The normalized spacial score (nSPS) is 23.7. The highest BCUT2D eigenvalue weighted by Crippen LogP contribution is 2.44. The summed E-state index contributed by atoms with van der Waals surface area (Å²) >= 11 is 8.30. The monoisotopic (exact) mass is 391 g/mol. The first-order chi connectivity index (χ1) is 12.4. The van der Waals surface area contributed by atoms with Gasteiger partial charge in [0.1, 0.15) is 0 Å². The number of hydrogen-bond donors (Lipinski definition) is 1. The maximum absolute atomic E-state index is 6.48. The minimum Gasteiger partial charge on any atom is -0.376 e. The SMILES string of the molecule is C[C@H](NCC[C@]1(Cc2ccccc2Cl)CCOC(C)(C)C1)c1cccs1. The van der Waals surface area contributed by atoms with Crippen molar-refractivity contribution in [1.29, 1.82) is 0 Å². The van der Waals surface area contributed by atoms with Gasteiger partial charge < -0.3 is 10.1 Å². The van der Waals surface area contributed by atoms with Crippen LogP contribution in [0.15, 0.2) is 41.8 Å². The third-order valence-electron chi connectivity index (χ3n) is 5.53. The van der Waals surface area contributed by atoms with Gasteiger partial charge in [-0.3, -0.25) is 0 Å². The second-order valence-corrected chi connectivity index (χ2v) is 9.63. The van der Waals surface area contributed by atoms with Crippen molar-refractivity contribution in [2.24, 2.45) is 5.41 Å². The lowest BCUT2D eigenvalue weighted by Crippen LogP contribution is -2.44. The molecule has 142 valence electrons. The van der Waals surface area contributed by atoms with E-state index in [1.807, 2.05) is 23.5 Å². The molecule has 1 saturated heterocycles. The van der Waals surface area contributed by atoms with Crippen molar-refractivity contribution in [3.05, 3.63) is 57.2 Å². The summed E-state index contributed by atoms with van der Waals surface area (Å²) in [5.74, 6) is 0. The van der Waals surface area contributed by atoms with E-state index in [2.05, 4.69) is 55.7 Å². The van der Waals surface area contributed by atoms with E-state index in [9.17, 15) is 0 Å². The smallest absolute Gasteiger partial charge is 0.0631 e. The summed E-state index contributed by atoms with van der Waals surface area (Å²) < 4.78 is 6.02. The third kappa shape index (κ3) is 5.10. The molecule has 2 heterocycles. The van der Waals surface area contributed by atoms with Crippen LogP contribution in [-0.2, 0) is 11.2 Å². The van der Waals surface area contributed by atoms with Crippen molar-refractivity contribution < 1.29 is 4.74 Å². The average Bonchev–Trinajstić information content (AvgIpc) is 3.11. The van der Waals surface area contributed by atoms with Gasteiger partial charge in [0.2, 0.25) is 0 Å². The fraction of sp³-hybridized carbons (Fsp3) is 0.545. The van der Waals surface area contributed by atoms with Crippen LogP contribution < -0.4 is 5.32 Å². The van der Waals surface area contributed by atoms with Crippen molar-refractivity contribution in [2.45, 2.75) is 58.1 Å². The van der Waals surface area contributed by atoms with Gasteiger partial charge in [-0.15, -0.1) is 11.3 Å². The molecule has 1 N–H and O–H groups in total. The summed E-state index contributed by atoms with van der Waals surface area (Å²) in [7, 11) is 0. The highest BCUT2D eigenvalue weighted by molar-refractivity contribution is 7.10. The summed E-state index contributed by atoms with van der Waals surface area (Å²) in [5.41, 5.74) is 1.42. The largest absolute Gasteiger partial charge is 0.376 e. The van der Waals surface area contributed by atoms with E-state index in [4.69, 9.17) is 16.3 Å². The Morgan fingerprint density at radius 3 is 2.73 bits per heavy atom. The quantitative estimate of drug-likeness (QED) is 0.601. The number of hydrogen-bond acceptors (Lipinski definition) is 3. The first-order valence-corrected chi connectivity index (χ1v) is 10.8. The van der Waals surface area contributed by atoms with E-state index in [1.54, 1.807) is 0 Å². The summed E-state index contributed by atoms with van der Waals surface area (Å²) in [6, 6.07) is 13.0. The van der Waals surface area contributed by atoms with Crippen LogP contribution in [0.5, 0.6) is 0 Å². The van der Waals surface area contributed by atoms with Crippen molar-refractivity contribution in [3.8, 4) is 0 Å². The van der Waals surface area contributed by atoms with Gasteiger partial charge in [0.25, 0.3) is 0 Å². The number of thiophene rings is 1. The predicted octanol–water partition coefficient (Wildman–Crippen LogP) is 6.26. The van der Waals surface area contributed by atoms with E-state index < -0.39 is 0 Å². The van der Waals surface area contributed by atoms with Gasteiger partial charge in [0.15, 0.2) is 0 Å². The zero-order valence-electron chi connectivity index (χ0n) is 16.1. The molecule has 2 atom stereocenters. The van der Waals surface area contributed by atoms with Crippen LogP contribution in [0.1, 0.15) is 56.5 Å². The van der Waals surface area contributed by atoms with E-state index >= 15 is 0 Å². The Hall–Kier alpha value is -0.870. The Kier molecular flexibility index (Phi) is 6.45. The Morgan fingerprint density at radius 2 is 2.04 bits per heavy atom. The molecule has 1 fully saturated rings. The Balaban J connectivity index is 1.70. The van der Waals surface area contributed by atoms with Gasteiger partial charge in [-0.05, 0) is 81.5 Å². The minimum absolute atomic E-state index is 0.0706. The standard InChI is InChI=1S/C22H30ClNOS/c1-17(20-9-6-14-26-20)24-12-10-22(11-13-25-21(2,3)16-22)15-18-7-4-5-8-19(18)23/h4-9,14,17,24H,10-13,15-16H2,1-3H3/t17-,22+/m0/s1. The maximum Gasteiger partial charge on any atom is 0.0631 e. The topological polar surface area (TPSA) is 21.3 Å². The molecule has 1 aromatic carbocycles. The van der Waals surface area contributed by atoms with Crippen molar-refractivity contribution in [3.63, 3.8) is 0 Å². The number of ether oxygens (including phenoxy) is 1. The molecule has 26 heavy (non-hydrogen) atoms. The first-order valence-electron chi connectivity index (χ1n) is 9.53. The number of rotatable bonds is 7. The summed E-state index contributed by atoms with van der Waals surface area (Å²) in [4.78, 5) is 1.40. The van der Waals surface area contributed by atoms with Gasteiger partial charge >= 0.3 is 0 Å². The molecular formula is C22H30ClNOS. The minimum atomic E-state index is -0.0706. The average molecular weight is 392 g/mol. The first kappa shape index (κ1) is 19.9. The molecule has 0 aliphatic carbocycles. The van der Waals surface area contributed by atoms with Gasteiger partial charge in [-0.2, -0.15) is 0 Å². The Bertz CT molecular complexity index is 700.